The number of rotatable bonds is 5. The van der Waals surface area contributed by atoms with E-state index in [-0.39, 0.29) is 6.10 Å². The SMILES string of the molecule is CC(C)C1CCCN1CCC(O)c1ccccc1. The van der Waals surface area contributed by atoms with Gasteiger partial charge in [-0.25, -0.2) is 0 Å². The van der Waals surface area contributed by atoms with Crippen LogP contribution in [0.4, 0.5) is 0 Å². The summed E-state index contributed by atoms with van der Waals surface area (Å²) in [6.07, 6.45) is 3.15. The van der Waals surface area contributed by atoms with E-state index in [1.54, 1.807) is 0 Å². The molecule has 2 nitrogen and oxygen atoms in total. The van der Waals surface area contributed by atoms with E-state index in [4.69, 9.17) is 0 Å². The van der Waals surface area contributed by atoms with Crippen LogP contribution >= 0.6 is 0 Å². The van der Waals surface area contributed by atoms with E-state index in [2.05, 4.69) is 18.7 Å². The molecule has 0 radical (unpaired) electrons. The van der Waals surface area contributed by atoms with Gasteiger partial charge in [-0.05, 0) is 37.3 Å². The van der Waals surface area contributed by atoms with Crippen LogP contribution in [0.2, 0.25) is 0 Å². The van der Waals surface area contributed by atoms with Crippen LogP contribution in [0.3, 0.4) is 0 Å². The maximum atomic E-state index is 10.2. The second-order valence-electron chi connectivity index (χ2n) is 5.70. The molecule has 2 unspecified atom stereocenters. The minimum absolute atomic E-state index is 0.320. The van der Waals surface area contributed by atoms with Crippen molar-refractivity contribution in [2.45, 2.75) is 45.3 Å². The summed E-state index contributed by atoms with van der Waals surface area (Å²) < 4.78 is 0. The fourth-order valence-corrected chi connectivity index (χ4v) is 3.01. The van der Waals surface area contributed by atoms with Crippen molar-refractivity contribution in [3.05, 3.63) is 35.9 Å². The molecule has 18 heavy (non-hydrogen) atoms. The second kappa shape index (κ2) is 6.35. The van der Waals surface area contributed by atoms with Crippen LogP contribution in [-0.4, -0.2) is 29.1 Å². The molecule has 2 atom stereocenters. The molecule has 2 rings (SSSR count). The lowest BCUT2D eigenvalue weighted by molar-refractivity contribution is 0.128. The number of likely N-dealkylation sites (tertiary alicyclic amines) is 1. The van der Waals surface area contributed by atoms with Gasteiger partial charge in [0.15, 0.2) is 0 Å². The molecular formula is C16H25NO. The van der Waals surface area contributed by atoms with Crippen molar-refractivity contribution in [2.24, 2.45) is 5.92 Å². The molecule has 1 N–H and O–H groups in total. The Labute approximate surface area is 111 Å². The predicted octanol–water partition coefficient (Wildman–Crippen LogP) is 3.23. The molecule has 1 aromatic carbocycles. The molecule has 1 aliphatic heterocycles. The Kier molecular flexibility index (Phi) is 4.79. The number of nitrogens with zero attached hydrogens (tertiary/aromatic N) is 1. The zero-order valence-electron chi connectivity index (χ0n) is 11.5. The molecule has 1 saturated heterocycles. The van der Waals surface area contributed by atoms with Gasteiger partial charge in [-0.2, -0.15) is 0 Å². The van der Waals surface area contributed by atoms with Crippen LogP contribution in [0.5, 0.6) is 0 Å². The summed E-state index contributed by atoms with van der Waals surface area (Å²) in [4.78, 5) is 2.55. The Morgan fingerprint density at radius 1 is 1.28 bits per heavy atom. The number of aliphatic hydroxyl groups is 1. The maximum Gasteiger partial charge on any atom is 0.0802 e. The molecular weight excluding hydrogens is 222 g/mol. The lowest BCUT2D eigenvalue weighted by atomic mass is 10.0. The molecule has 0 bridgehead atoms. The number of hydrogen-bond donors (Lipinski definition) is 1. The van der Waals surface area contributed by atoms with Gasteiger partial charge in [-0.1, -0.05) is 44.2 Å². The van der Waals surface area contributed by atoms with E-state index < -0.39 is 0 Å². The smallest absolute Gasteiger partial charge is 0.0802 e. The molecule has 1 heterocycles. The van der Waals surface area contributed by atoms with Crippen molar-refractivity contribution in [1.82, 2.24) is 4.90 Å². The molecule has 1 aromatic rings. The summed E-state index contributed by atoms with van der Waals surface area (Å²) in [6.45, 7) is 6.82. The van der Waals surface area contributed by atoms with Crippen LogP contribution in [0.25, 0.3) is 0 Å². The molecule has 1 fully saturated rings. The van der Waals surface area contributed by atoms with Crippen LogP contribution in [0, 0.1) is 5.92 Å². The van der Waals surface area contributed by atoms with Crippen molar-refractivity contribution >= 4 is 0 Å². The molecule has 0 aromatic heterocycles. The third kappa shape index (κ3) is 3.33. The number of aliphatic hydroxyl groups excluding tert-OH is 1. The second-order valence-corrected chi connectivity index (χ2v) is 5.70. The maximum absolute atomic E-state index is 10.2. The third-order valence-corrected chi connectivity index (χ3v) is 4.06. The predicted molar refractivity (Wildman–Crippen MR) is 75.5 cm³/mol. The Bertz CT molecular complexity index is 349. The van der Waals surface area contributed by atoms with Gasteiger partial charge in [-0.3, -0.25) is 0 Å². The third-order valence-electron chi connectivity index (χ3n) is 4.06. The van der Waals surface area contributed by atoms with Gasteiger partial charge in [0.05, 0.1) is 6.10 Å². The first kappa shape index (κ1) is 13.6. The average molecular weight is 247 g/mol. The Balaban J connectivity index is 1.84. The van der Waals surface area contributed by atoms with Crippen molar-refractivity contribution in [2.75, 3.05) is 13.1 Å². The zero-order valence-corrected chi connectivity index (χ0v) is 11.5. The van der Waals surface area contributed by atoms with Crippen molar-refractivity contribution < 1.29 is 5.11 Å². The van der Waals surface area contributed by atoms with E-state index in [1.165, 1.54) is 19.4 Å². The highest BCUT2D eigenvalue weighted by molar-refractivity contribution is 5.17. The first-order chi connectivity index (χ1) is 8.68. The molecule has 2 heteroatoms. The topological polar surface area (TPSA) is 23.5 Å². The highest BCUT2D eigenvalue weighted by Crippen LogP contribution is 2.25. The molecule has 0 aliphatic carbocycles. The average Bonchev–Trinajstić information content (AvgIpc) is 2.85. The first-order valence-corrected chi connectivity index (χ1v) is 7.15. The summed E-state index contributed by atoms with van der Waals surface area (Å²) in [5, 5.41) is 10.2. The minimum atomic E-state index is -0.320. The van der Waals surface area contributed by atoms with Crippen molar-refractivity contribution in [3.63, 3.8) is 0 Å². The Morgan fingerprint density at radius 2 is 2.00 bits per heavy atom. The van der Waals surface area contributed by atoms with Gasteiger partial charge in [-0.15, -0.1) is 0 Å². The largest absolute Gasteiger partial charge is 0.388 e. The number of benzene rings is 1. The highest BCUT2D eigenvalue weighted by Gasteiger charge is 2.26. The summed E-state index contributed by atoms with van der Waals surface area (Å²) in [5.41, 5.74) is 1.04. The van der Waals surface area contributed by atoms with E-state index in [0.29, 0.717) is 6.04 Å². The monoisotopic (exact) mass is 247 g/mol. The summed E-state index contributed by atoms with van der Waals surface area (Å²) in [5.74, 6) is 0.723. The standard InChI is InChI=1S/C16H25NO/c1-13(2)15-9-6-11-17(15)12-10-16(18)14-7-4-3-5-8-14/h3-5,7-8,13,15-16,18H,6,9-12H2,1-2H3. The van der Waals surface area contributed by atoms with Crippen LogP contribution < -0.4 is 0 Å². The molecule has 1 aliphatic rings. The lowest BCUT2D eigenvalue weighted by Gasteiger charge is -2.28. The van der Waals surface area contributed by atoms with Gasteiger partial charge >= 0.3 is 0 Å². The summed E-state index contributed by atoms with van der Waals surface area (Å²) in [6, 6.07) is 10.7. The van der Waals surface area contributed by atoms with Crippen LogP contribution in [0.15, 0.2) is 30.3 Å². The van der Waals surface area contributed by atoms with E-state index in [1.807, 2.05) is 30.3 Å². The van der Waals surface area contributed by atoms with Crippen molar-refractivity contribution in [3.8, 4) is 0 Å². The zero-order chi connectivity index (χ0) is 13.0. The van der Waals surface area contributed by atoms with E-state index in [9.17, 15) is 5.11 Å². The van der Waals surface area contributed by atoms with Crippen LogP contribution in [0.1, 0.15) is 44.8 Å². The fraction of sp³-hybridized carbons (Fsp3) is 0.625. The Hall–Kier alpha value is -0.860. The van der Waals surface area contributed by atoms with Gasteiger partial charge in [0, 0.05) is 12.6 Å². The van der Waals surface area contributed by atoms with Crippen molar-refractivity contribution in [1.29, 1.82) is 0 Å². The summed E-state index contributed by atoms with van der Waals surface area (Å²) in [7, 11) is 0. The summed E-state index contributed by atoms with van der Waals surface area (Å²) >= 11 is 0. The van der Waals surface area contributed by atoms with Gasteiger partial charge in [0.2, 0.25) is 0 Å². The molecule has 0 amide bonds. The van der Waals surface area contributed by atoms with Gasteiger partial charge in [0.25, 0.3) is 0 Å². The van der Waals surface area contributed by atoms with E-state index in [0.717, 1.165) is 24.4 Å². The molecule has 0 spiro atoms. The highest BCUT2D eigenvalue weighted by atomic mass is 16.3. The van der Waals surface area contributed by atoms with Crippen LogP contribution in [-0.2, 0) is 0 Å². The fourth-order valence-electron chi connectivity index (χ4n) is 3.01. The Morgan fingerprint density at radius 3 is 2.67 bits per heavy atom. The molecule has 0 saturated carbocycles. The minimum Gasteiger partial charge on any atom is -0.388 e. The van der Waals surface area contributed by atoms with Gasteiger partial charge < -0.3 is 10.0 Å². The van der Waals surface area contributed by atoms with E-state index >= 15 is 0 Å². The molecule has 100 valence electrons. The number of hydrogen-bond acceptors (Lipinski definition) is 2. The quantitative estimate of drug-likeness (QED) is 0.863. The normalized spacial score (nSPS) is 22.6. The van der Waals surface area contributed by atoms with Gasteiger partial charge in [0.1, 0.15) is 0 Å². The first-order valence-electron chi connectivity index (χ1n) is 7.15. The lowest BCUT2D eigenvalue weighted by Crippen LogP contribution is -2.34.